The van der Waals surface area contributed by atoms with E-state index in [1.165, 1.54) is 6.92 Å². The number of carbonyl (C=O) groups excluding carboxylic acids is 1. The molecular formula is C10H18N2O4. The molecule has 0 unspecified atom stereocenters. The maximum absolute atomic E-state index is 11.7. The number of likely N-dealkylation sites (tertiary alicyclic amines) is 1. The molecule has 0 saturated carbocycles. The van der Waals surface area contributed by atoms with Gasteiger partial charge in [0.2, 0.25) is 0 Å². The van der Waals surface area contributed by atoms with Crippen molar-refractivity contribution in [2.75, 3.05) is 13.1 Å². The Morgan fingerprint density at radius 3 is 2.25 bits per heavy atom. The van der Waals surface area contributed by atoms with Crippen LogP contribution in [0.4, 0.5) is 4.79 Å². The van der Waals surface area contributed by atoms with E-state index < -0.39 is 24.1 Å². The molecule has 3 N–H and O–H groups in total. The third-order valence-electron chi connectivity index (χ3n) is 2.67. The summed E-state index contributed by atoms with van der Waals surface area (Å²) in [5.74, 6) is -1.22. The number of carbonyl (C=O) groups is 2. The Hall–Kier alpha value is -1.30. The number of aliphatic carboxylic acids is 1. The Kier molecular flexibility index (Phi) is 4.54. The lowest BCUT2D eigenvalue weighted by Gasteiger charge is -2.28. The van der Waals surface area contributed by atoms with Gasteiger partial charge < -0.3 is 20.4 Å². The van der Waals surface area contributed by atoms with Crippen molar-refractivity contribution in [2.45, 2.75) is 38.3 Å². The minimum Gasteiger partial charge on any atom is -0.480 e. The van der Waals surface area contributed by atoms with Crippen LogP contribution < -0.4 is 5.32 Å². The van der Waals surface area contributed by atoms with Crippen LogP contribution in [-0.2, 0) is 4.79 Å². The highest BCUT2D eigenvalue weighted by Gasteiger charge is 2.27. The molecule has 16 heavy (non-hydrogen) atoms. The van der Waals surface area contributed by atoms with Crippen LogP contribution in [0.5, 0.6) is 0 Å². The largest absolute Gasteiger partial charge is 0.480 e. The number of carboxylic acid groups (broad SMARTS) is 1. The van der Waals surface area contributed by atoms with E-state index in [1.807, 2.05) is 0 Å². The molecule has 0 bridgehead atoms. The van der Waals surface area contributed by atoms with Crippen LogP contribution in [0, 0.1) is 0 Å². The standard InChI is InChI=1S/C10H18N2O4/c1-7(13)8(9(14)15)11-10(16)12-5-3-2-4-6-12/h7-8,13H,2-6H2,1H3,(H,11,16)(H,14,15)/t7-,8+/m1/s1. The number of nitrogens with one attached hydrogen (secondary N) is 1. The Morgan fingerprint density at radius 2 is 1.81 bits per heavy atom. The average molecular weight is 230 g/mol. The number of piperidine rings is 1. The number of aliphatic hydroxyl groups is 1. The maximum atomic E-state index is 11.7. The second kappa shape index (κ2) is 5.69. The first kappa shape index (κ1) is 12.8. The van der Waals surface area contributed by atoms with Crippen molar-refractivity contribution < 1.29 is 19.8 Å². The molecular weight excluding hydrogens is 212 g/mol. The molecule has 0 radical (unpaired) electrons. The number of rotatable bonds is 3. The van der Waals surface area contributed by atoms with Crippen molar-refractivity contribution in [3.63, 3.8) is 0 Å². The van der Waals surface area contributed by atoms with Crippen molar-refractivity contribution in [2.24, 2.45) is 0 Å². The fourth-order valence-electron chi connectivity index (χ4n) is 1.71. The zero-order chi connectivity index (χ0) is 12.1. The van der Waals surface area contributed by atoms with Crippen molar-refractivity contribution in [1.82, 2.24) is 10.2 Å². The van der Waals surface area contributed by atoms with Crippen molar-refractivity contribution >= 4 is 12.0 Å². The summed E-state index contributed by atoms with van der Waals surface area (Å²) >= 11 is 0. The van der Waals surface area contributed by atoms with E-state index in [1.54, 1.807) is 4.90 Å². The Labute approximate surface area is 94.2 Å². The molecule has 2 atom stereocenters. The van der Waals surface area contributed by atoms with Gasteiger partial charge in [0.05, 0.1) is 6.10 Å². The summed E-state index contributed by atoms with van der Waals surface area (Å²) in [6, 6.07) is -1.65. The topological polar surface area (TPSA) is 89.9 Å². The van der Waals surface area contributed by atoms with Crippen LogP contribution in [0.25, 0.3) is 0 Å². The smallest absolute Gasteiger partial charge is 0.328 e. The molecule has 0 aromatic carbocycles. The third-order valence-corrected chi connectivity index (χ3v) is 2.67. The summed E-state index contributed by atoms with van der Waals surface area (Å²) in [7, 11) is 0. The molecule has 0 aromatic heterocycles. The molecule has 1 fully saturated rings. The fraction of sp³-hybridized carbons (Fsp3) is 0.800. The molecule has 1 aliphatic rings. The van der Waals surface area contributed by atoms with Crippen molar-refractivity contribution in [3.8, 4) is 0 Å². The first-order valence-electron chi connectivity index (χ1n) is 5.48. The lowest BCUT2D eigenvalue weighted by molar-refractivity contribution is -0.141. The molecule has 92 valence electrons. The molecule has 6 heteroatoms. The molecule has 2 amide bonds. The number of carboxylic acids is 1. The summed E-state index contributed by atoms with van der Waals surface area (Å²) in [6.45, 7) is 2.64. The van der Waals surface area contributed by atoms with E-state index in [0.29, 0.717) is 13.1 Å². The Bertz CT molecular complexity index is 262. The summed E-state index contributed by atoms with van der Waals surface area (Å²) in [5.41, 5.74) is 0. The summed E-state index contributed by atoms with van der Waals surface area (Å²) in [5, 5.41) is 20.3. The minimum atomic E-state index is -1.24. The Morgan fingerprint density at radius 1 is 1.25 bits per heavy atom. The van der Waals surface area contributed by atoms with E-state index in [0.717, 1.165) is 19.3 Å². The lowest BCUT2D eigenvalue weighted by Crippen LogP contribution is -2.53. The third kappa shape index (κ3) is 3.37. The second-order valence-electron chi connectivity index (χ2n) is 4.05. The van der Waals surface area contributed by atoms with Gasteiger partial charge >= 0.3 is 12.0 Å². The van der Waals surface area contributed by atoms with E-state index in [-0.39, 0.29) is 0 Å². The molecule has 1 heterocycles. The molecule has 1 saturated heterocycles. The normalized spacial score (nSPS) is 20.0. The first-order valence-corrected chi connectivity index (χ1v) is 5.48. The molecule has 1 rings (SSSR count). The maximum Gasteiger partial charge on any atom is 0.328 e. The number of hydrogen-bond donors (Lipinski definition) is 3. The van der Waals surface area contributed by atoms with E-state index >= 15 is 0 Å². The predicted octanol–water partition coefficient (Wildman–Crippen LogP) is 0.0159. The molecule has 6 nitrogen and oxygen atoms in total. The van der Waals surface area contributed by atoms with Gasteiger partial charge in [0.25, 0.3) is 0 Å². The SMILES string of the molecule is C[C@@H](O)[C@H](NC(=O)N1CCCCC1)C(=O)O. The van der Waals surface area contributed by atoms with Crippen LogP contribution in [0.3, 0.4) is 0 Å². The lowest BCUT2D eigenvalue weighted by atomic mass is 10.1. The van der Waals surface area contributed by atoms with E-state index in [4.69, 9.17) is 5.11 Å². The summed E-state index contributed by atoms with van der Waals surface area (Å²) in [6.07, 6.45) is 1.88. The molecule has 0 aromatic rings. The highest BCUT2D eigenvalue weighted by molar-refractivity contribution is 5.83. The Balaban J connectivity index is 2.50. The number of urea groups is 1. The van der Waals surface area contributed by atoms with Gasteiger partial charge in [0.1, 0.15) is 0 Å². The van der Waals surface area contributed by atoms with Gasteiger partial charge in [-0.15, -0.1) is 0 Å². The highest BCUT2D eigenvalue weighted by Crippen LogP contribution is 2.09. The van der Waals surface area contributed by atoms with Gasteiger partial charge in [-0.1, -0.05) is 0 Å². The van der Waals surface area contributed by atoms with Crippen LogP contribution in [-0.4, -0.2) is 52.3 Å². The van der Waals surface area contributed by atoms with Gasteiger partial charge in [0.15, 0.2) is 6.04 Å². The zero-order valence-electron chi connectivity index (χ0n) is 9.35. The first-order chi connectivity index (χ1) is 7.52. The van der Waals surface area contributed by atoms with Gasteiger partial charge in [-0.25, -0.2) is 9.59 Å². The molecule has 0 spiro atoms. The summed E-state index contributed by atoms with van der Waals surface area (Å²) in [4.78, 5) is 24.0. The molecule has 1 aliphatic heterocycles. The van der Waals surface area contributed by atoms with Crippen LogP contribution >= 0.6 is 0 Å². The zero-order valence-corrected chi connectivity index (χ0v) is 9.35. The average Bonchev–Trinajstić information content (AvgIpc) is 2.25. The van der Waals surface area contributed by atoms with E-state index in [9.17, 15) is 14.7 Å². The molecule has 0 aliphatic carbocycles. The monoisotopic (exact) mass is 230 g/mol. The summed E-state index contributed by atoms with van der Waals surface area (Å²) < 4.78 is 0. The van der Waals surface area contributed by atoms with Crippen LogP contribution in [0.1, 0.15) is 26.2 Å². The fourth-order valence-corrected chi connectivity index (χ4v) is 1.71. The second-order valence-corrected chi connectivity index (χ2v) is 4.05. The number of hydrogen-bond acceptors (Lipinski definition) is 3. The quantitative estimate of drug-likeness (QED) is 0.637. The van der Waals surface area contributed by atoms with Gasteiger partial charge in [-0.05, 0) is 26.2 Å². The number of nitrogens with zero attached hydrogens (tertiary/aromatic N) is 1. The van der Waals surface area contributed by atoms with Gasteiger partial charge in [0, 0.05) is 13.1 Å². The number of amides is 2. The predicted molar refractivity (Wildman–Crippen MR) is 57.1 cm³/mol. The van der Waals surface area contributed by atoms with E-state index in [2.05, 4.69) is 5.32 Å². The van der Waals surface area contributed by atoms with Gasteiger partial charge in [-0.2, -0.15) is 0 Å². The van der Waals surface area contributed by atoms with Crippen molar-refractivity contribution in [3.05, 3.63) is 0 Å². The minimum absolute atomic E-state index is 0.409. The van der Waals surface area contributed by atoms with Crippen LogP contribution in [0.15, 0.2) is 0 Å². The highest BCUT2D eigenvalue weighted by atomic mass is 16.4. The van der Waals surface area contributed by atoms with Crippen LogP contribution in [0.2, 0.25) is 0 Å². The van der Waals surface area contributed by atoms with Crippen molar-refractivity contribution in [1.29, 1.82) is 0 Å². The number of aliphatic hydroxyl groups excluding tert-OH is 1. The van der Waals surface area contributed by atoms with Gasteiger partial charge in [-0.3, -0.25) is 0 Å².